The zero-order chi connectivity index (χ0) is 14.1. The molecule has 1 aliphatic rings. The summed E-state index contributed by atoms with van der Waals surface area (Å²) in [5, 5.41) is 10.5. The van der Waals surface area contributed by atoms with E-state index in [-0.39, 0.29) is 5.92 Å². The first-order chi connectivity index (χ1) is 9.68. The van der Waals surface area contributed by atoms with Crippen LogP contribution in [0.3, 0.4) is 0 Å². The third-order valence-corrected chi connectivity index (χ3v) is 4.06. The Hall–Kier alpha value is -1.61. The highest BCUT2D eigenvalue weighted by Gasteiger charge is 2.24. The Labute approximate surface area is 120 Å². The molecule has 1 unspecified atom stereocenters. The van der Waals surface area contributed by atoms with Crippen molar-refractivity contribution < 1.29 is 5.11 Å². The van der Waals surface area contributed by atoms with Crippen molar-refractivity contribution in [2.24, 2.45) is 5.92 Å². The molecular formula is C17H22N2O. The number of allylic oxidation sites excluding steroid dienone is 2. The van der Waals surface area contributed by atoms with Crippen LogP contribution in [0.15, 0.2) is 30.5 Å². The third-order valence-electron chi connectivity index (χ3n) is 4.06. The van der Waals surface area contributed by atoms with Crippen molar-refractivity contribution in [2.45, 2.75) is 45.6 Å². The summed E-state index contributed by atoms with van der Waals surface area (Å²) in [5.74, 6) is 0.169. The topological polar surface area (TPSA) is 37.5 Å². The molecule has 0 amide bonds. The molecule has 3 nitrogen and oxygen atoms in total. The van der Waals surface area contributed by atoms with Crippen LogP contribution in [0.25, 0.3) is 11.2 Å². The molecule has 2 heterocycles. The predicted molar refractivity (Wildman–Crippen MR) is 81.4 cm³/mol. The van der Waals surface area contributed by atoms with Gasteiger partial charge in [0, 0.05) is 6.20 Å². The number of imidazole rings is 1. The minimum atomic E-state index is -0.507. The normalized spacial score (nSPS) is 17.5. The summed E-state index contributed by atoms with van der Waals surface area (Å²) in [5.41, 5.74) is 4.20. The van der Waals surface area contributed by atoms with Gasteiger partial charge in [-0.15, -0.1) is 0 Å². The zero-order valence-electron chi connectivity index (χ0n) is 12.2. The fourth-order valence-electron chi connectivity index (χ4n) is 2.91. The van der Waals surface area contributed by atoms with Gasteiger partial charge < -0.3 is 5.11 Å². The van der Waals surface area contributed by atoms with Gasteiger partial charge in [-0.2, -0.15) is 0 Å². The number of aliphatic hydroxyl groups excluding tert-OH is 1. The summed E-state index contributed by atoms with van der Waals surface area (Å²) in [6.45, 7) is 4.07. The van der Waals surface area contributed by atoms with E-state index < -0.39 is 6.10 Å². The van der Waals surface area contributed by atoms with Crippen molar-refractivity contribution in [1.29, 1.82) is 0 Å². The zero-order valence-corrected chi connectivity index (χ0v) is 12.2. The molecule has 0 spiro atoms. The Balaban J connectivity index is 2.20. The summed E-state index contributed by atoms with van der Waals surface area (Å²) < 4.78 is 2.12. The van der Waals surface area contributed by atoms with Gasteiger partial charge in [0.25, 0.3) is 0 Å². The first kappa shape index (κ1) is 13.4. The number of hydrogen-bond acceptors (Lipinski definition) is 2. The maximum absolute atomic E-state index is 10.5. The van der Waals surface area contributed by atoms with E-state index in [4.69, 9.17) is 0 Å². The van der Waals surface area contributed by atoms with Gasteiger partial charge >= 0.3 is 0 Å². The quantitative estimate of drug-likeness (QED) is 0.916. The summed E-state index contributed by atoms with van der Waals surface area (Å²) in [6, 6.07) is 6.02. The van der Waals surface area contributed by atoms with E-state index in [2.05, 4.69) is 15.5 Å². The Morgan fingerprint density at radius 1 is 1.25 bits per heavy atom. The third kappa shape index (κ3) is 2.27. The first-order valence-corrected chi connectivity index (χ1v) is 7.53. The summed E-state index contributed by atoms with van der Waals surface area (Å²) >= 11 is 0. The van der Waals surface area contributed by atoms with Crippen LogP contribution >= 0.6 is 0 Å². The molecule has 0 aromatic carbocycles. The van der Waals surface area contributed by atoms with E-state index in [1.54, 1.807) is 0 Å². The van der Waals surface area contributed by atoms with Gasteiger partial charge in [0.1, 0.15) is 11.8 Å². The Morgan fingerprint density at radius 2 is 2.10 bits per heavy atom. The number of nitrogens with zero attached hydrogens (tertiary/aromatic N) is 2. The van der Waals surface area contributed by atoms with Gasteiger partial charge in [-0.25, -0.2) is 4.98 Å². The molecule has 1 aliphatic carbocycles. The van der Waals surface area contributed by atoms with Crippen LogP contribution in [0.4, 0.5) is 0 Å². The molecule has 0 saturated heterocycles. The Morgan fingerprint density at radius 3 is 2.80 bits per heavy atom. The summed E-state index contributed by atoms with van der Waals surface area (Å²) in [7, 11) is 0. The van der Waals surface area contributed by atoms with Crippen LogP contribution in [-0.4, -0.2) is 14.5 Å². The molecular weight excluding hydrogens is 248 g/mol. The second kappa shape index (κ2) is 5.41. The fourth-order valence-corrected chi connectivity index (χ4v) is 2.91. The van der Waals surface area contributed by atoms with Crippen molar-refractivity contribution in [3.8, 4) is 0 Å². The number of aromatic nitrogens is 2. The van der Waals surface area contributed by atoms with E-state index in [0.717, 1.165) is 29.9 Å². The molecule has 0 bridgehead atoms. The number of pyridine rings is 1. The molecule has 0 saturated carbocycles. The van der Waals surface area contributed by atoms with Crippen LogP contribution < -0.4 is 0 Å². The molecule has 106 valence electrons. The molecule has 0 aliphatic heterocycles. The van der Waals surface area contributed by atoms with Crippen molar-refractivity contribution in [3.05, 3.63) is 41.9 Å². The lowest BCUT2D eigenvalue weighted by Gasteiger charge is -2.18. The van der Waals surface area contributed by atoms with Gasteiger partial charge in [0.15, 0.2) is 0 Å². The second-order valence-electron chi connectivity index (χ2n) is 5.94. The van der Waals surface area contributed by atoms with Crippen LogP contribution in [0.2, 0.25) is 0 Å². The number of hydrogen-bond donors (Lipinski definition) is 1. The van der Waals surface area contributed by atoms with Gasteiger partial charge in [-0.1, -0.05) is 26.0 Å². The monoisotopic (exact) mass is 270 g/mol. The molecule has 0 fully saturated rings. The van der Waals surface area contributed by atoms with E-state index in [1.165, 1.54) is 18.4 Å². The highest BCUT2D eigenvalue weighted by molar-refractivity contribution is 5.69. The van der Waals surface area contributed by atoms with Crippen LogP contribution in [0, 0.1) is 5.92 Å². The summed E-state index contributed by atoms with van der Waals surface area (Å²) in [6.07, 6.45) is 8.56. The average Bonchev–Trinajstić information content (AvgIpc) is 2.86. The van der Waals surface area contributed by atoms with Gasteiger partial charge in [-0.3, -0.25) is 4.40 Å². The first-order valence-electron chi connectivity index (χ1n) is 7.53. The minimum absolute atomic E-state index is 0.169. The number of fused-ring (bicyclic) bond motifs is 1. The van der Waals surface area contributed by atoms with Crippen LogP contribution in [0.5, 0.6) is 0 Å². The second-order valence-corrected chi connectivity index (χ2v) is 5.94. The molecule has 1 N–H and O–H groups in total. The lowest BCUT2D eigenvalue weighted by molar-refractivity contribution is 0.122. The Bertz CT molecular complexity index is 639. The standard InChI is InChI=1S/C17H22N2O/c1-12(2)17(20)15-16(13-8-4-3-5-9-13)19-11-7-6-10-14(19)18-15/h6-8,10-12,17,20H,3-5,9H2,1-2H3. The van der Waals surface area contributed by atoms with Crippen molar-refractivity contribution in [1.82, 2.24) is 9.38 Å². The van der Waals surface area contributed by atoms with E-state index in [1.807, 2.05) is 38.2 Å². The van der Waals surface area contributed by atoms with Crippen LogP contribution in [0.1, 0.15) is 57.0 Å². The Kier molecular flexibility index (Phi) is 3.62. The number of rotatable bonds is 3. The minimum Gasteiger partial charge on any atom is -0.386 e. The highest BCUT2D eigenvalue weighted by atomic mass is 16.3. The lowest BCUT2D eigenvalue weighted by Crippen LogP contribution is -2.09. The van der Waals surface area contributed by atoms with Crippen molar-refractivity contribution >= 4 is 11.2 Å². The highest BCUT2D eigenvalue weighted by Crippen LogP contribution is 2.34. The SMILES string of the molecule is CC(C)C(O)c1nc2ccccn2c1C1=CCCCC1. The van der Waals surface area contributed by atoms with Crippen LogP contribution in [-0.2, 0) is 0 Å². The maximum atomic E-state index is 10.5. The summed E-state index contributed by atoms with van der Waals surface area (Å²) in [4.78, 5) is 4.68. The fraction of sp³-hybridized carbons (Fsp3) is 0.471. The van der Waals surface area contributed by atoms with E-state index in [0.29, 0.717) is 0 Å². The largest absolute Gasteiger partial charge is 0.386 e. The van der Waals surface area contributed by atoms with Gasteiger partial charge in [-0.05, 0) is 49.3 Å². The average molecular weight is 270 g/mol. The molecule has 2 aromatic heterocycles. The molecule has 3 rings (SSSR count). The molecule has 2 aromatic rings. The van der Waals surface area contributed by atoms with E-state index in [9.17, 15) is 5.11 Å². The molecule has 3 heteroatoms. The number of aliphatic hydroxyl groups is 1. The lowest BCUT2D eigenvalue weighted by atomic mass is 9.93. The van der Waals surface area contributed by atoms with Crippen molar-refractivity contribution in [3.63, 3.8) is 0 Å². The van der Waals surface area contributed by atoms with E-state index >= 15 is 0 Å². The maximum Gasteiger partial charge on any atom is 0.137 e. The predicted octanol–water partition coefficient (Wildman–Crippen LogP) is 3.98. The van der Waals surface area contributed by atoms with Gasteiger partial charge in [0.05, 0.1) is 11.4 Å². The van der Waals surface area contributed by atoms with Gasteiger partial charge in [0.2, 0.25) is 0 Å². The van der Waals surface area contributed by atoms with Crippen molar-refractivity contribution in [2.75, 3.05) is 0 Å². The molecule has 0 radical (unpaired) electrons. The molecule has 20 heavy (non-hydrogen) atoms. The smallest absolute Gasteiger partial charge is 0.137 e. The molecule has 1 atom stereocenters.